The number of hydrogen-bond acceptors (Lipinski definition) is 9. The maximum Gasteiger partial charge on any atom is 0.469 e. The highest BCUT2D eigenvalue weighted by molar-refractivity contribution is 7.71. The standard InChI is InChI=1S/C12H18N3O10PS/c16-7(17)2-13-1-5-3-15(12(27)14-10(5)20)11-9(19)8(18)6(25-11)4-24-26(21,22)23/h3,6,8-9,11,13,18-19H,1-2,4H2,(H,16,17)(H,14,20,27)(H2,21,22,23)/t6-,8-,9-,11-/m1/s1. The van der Waals surface area contributed by atoms with Gasteiger partial charge in [-0.1, -0.05) is 0 Å². The second kappa shape index (κ2) is 8.68. The minimum absolute atomic E-state index is 0.0880. The summed E-state index contributed by atoms with van der Waals surface area (Å²) in [4.78, 5) is 42.2. The lowest BCUT2D eigenvalue weighted by Crippen LogP contribution is -2.34. The van der Waals surface area contributed by atoms with Crippen LogP contribution >= 0.6 is 20.0 Å². The molecule has 2 rings (SSSR count). The van der Waals surface area contributed by atoms with Crippen LogP contribution < -0.4 is 10.9 Å². The monoisotopic (exact) mass is 427 g/mol. The van der Waals surface area contributed by atoms with Crippen LogP contribution in [0.4, 0.5) is 0 Å². The number of aromatic amines is 1. The quantitative estimate of drug-likeness (QED) is 0.175. The minimum atomic E-state index is -4.80. The average Bonchev–Trinajstić information content (AvgIpc) is 2.82. The topological polar surface area (TPSA) is 204 Å². The number of aliphatic carboxylic acids is 1. The number of aliphatic hydroxyl groups is 2. The Kier molecular flexibility index (Phi) is 7.02. The van der Waals surface area contributed by atoms with Crippen molar-refractivity contribution in [2.24, 2.45) is 0 Å². The van der Waals surface area contributed by atoms with Crippen LogP contribution in [-0.2, 0) is 25.2 Å². The zero-order valence-electron chi connectivity index (χ0n) is 13.6. The van der Waals surface area contributed by atoms with Crippen molar-refractivity contribution >= 4 is 26.0 Å². The SMILES string of the molecule is O=C(O)CNCc1cn([C@@H]2O[C@H](COP(=O)(O)O)[C@@H](O)[C@H]2O)c(=S)[nH]c1=O. The van der Waals surface area contributed by atoms with Gasteiger partial charge in [0.2, 0.25) is 0 Å². The minimum Gasteiger partial charge on any atom is -0.480 e. The van der Waals surface area contributed by atoms with E-state index >= 15 is 0 Å². The lowest BCUT2D eigenvalue weighted by Gasteiger charge is -2.19. The Bertz CT molecular complexity index is 851. The Balaban J connectivity index is 2.21. The molecule has 0 aliphatic carbocycles. The number of carboxylic acid groups (broad SMARTS) is 1. The Morgan fingerprint density at radius 3 is 2.67 bits per heavy atom. The molecule has 1 aromatic rings. The molecule has 0 saturated carbocycles. The van der Waals surface area contributed by atoms with Crippen LogP contribution in [0.3, 0.4) is 0 Å². The van der Waals surface area contributed by atoms with E-state index < -0.39 is 57.0 Å². The first-order valence-electron chi connectivity index (χ1n) is 7.48. The number of hydrogen-bond donors (Lipinski definition) is 7. The highest BCUT2D eigenvalue weighted by Crippen LogP contribution is 2.38. The lowest BCUT2D eigenvalue weighted by atomic mass is 10.1. The van der Waals surface area contributed by atoms with Gasteiger partial charge in [0, 0.05) is 18.3 Å². The predicted molar refractivity (Wildman–Crippen MR) is 89.1 cm³/mol. The van der Waals surface area contributed by atoms with Crippen molar-refractivity contribution in [3.63, 3.8) is 0 Å². The van der Waals surface area contributed by atoms with E-state index in [2.05, 4.69) is 14.8 Å². The molecule has 1 aliphatic rings. The molecule has 0 unspecified atom stereocenters. The molecular weight excluding hydrogens is 409 g/mol. The molecule has 13 nitrogen and oxygen atoms in total. The van der Waals surface area contributed by atoms with Gasteiger partial charge in [-0.25, -0.2) is 4.57 Å². The number of phosphoric acid groups is 1. The van der Waals surface area contributed by atoms with Crippen LogP contribution in [0.2, 0.25) is 0 Å². The number of aromatic nitrogens is 2. The van der Waals surface area contributed by atoms with E-state index in [1.807, 2.05) is 0 Å². The van der Waals surface area contributed by atoms with Crippen molar-refractivity contribution < 1.29 is 43.7 Å². The van der Waals surface area contributed by atoms with Gasteiger partial charge in [-0.15, -0.1) is 0 Å². The fourth-order valence-electron chi connectivity index (χ4n) is 2.41. The first kappa shape index (κ1) is 21.8. The molecule has 7 N–H and O–H groups in total. The van der Waals surface area contributed by atoms with E-state index in [0.29, 0.717) is 0 Å². The molecule has 0 amide bonds. The number of H-pyrrole nitrogens is 1. The lowest BCUT2D eigenvalue weighted by molar-refractivity contribution is -0.136. The van der Waals surface area contributed by atoms with Crippen molar-refractivity contribution in [1.29, 1.82) is 0 Å². The van der Waals surface area contributed by atoms with Gasteiger partial charge in [0.25, 0.3) is 5.56 Å². The number of nitrogens with one attached hydrogen (secondary N) is 2. The molecular formula is C12H18N3O10PS. The summed E-state index contributed by atoms with van der Waals surface area (Å²) in [5.74, 6) is -1.12. The third-order valence-electron chi connectivity index (χ3n) is 3.65. The Morgan fingerprint density at radius 2 is 2.07 bits per heavy atom. The van der Waals surface area contributed by atoms with Gasteiger partial charge >= 0.3 is 13.8 Å². The van der Waals surface area contributed by atoms with Gasteiger partial charge in [0.15, 0.2) is 11.0 Å². The molecule has 1 aromatic heterocycles. The molecule has 15 heteroatoms. The molecule has 4 atom stereocenters. The Hall–Kier alpha value is -1.48. The molecule has 1 saturated heterocycles. The normalized spacial score (nSPS) is 25.6. The van der Waals surface area contributed by atoms with Crippen molar-refractivity contribution in [2.75, 3.05) is 13.2 Å². The number of phosphoric ester groups is 1. The number of nitrogens with zero attached hydrogens (tertiary/aromatic N) is 1. The summed E-state index contributed by atoms with van der Waals surface area (Å²) < 4.78 is 21.4. The van der Waals surface area contributed by atoms with Crippen LogP contribution in [0.15, 0.2) is 11.0 Å². The highest BCUT2D eigenvalue weighted by Gasteiger charge is 2.44. The Morgan fingerprint density at radius 1 is 1.41 bits per heavy atom. The summed E-state index contributed by atoms with van der Waals surface area (Å²) in [7, 11) is -4.80. The number of rotatable bonds is 8. The molecule has 1 aliphatic heterocycles. The smallest absolute Gasteiger partial charge is 0.469 e. The maximum absolute atomic E-state index is 11.9. The summed E-state index contributed by atoms with van der Waals surface area (Å²) >= 11 is 5.01. The number of carboxylic acids is 1. The third kappa shape index (κ3) is 5.75. The predicted octanol–water partition coefficient (Wildman–Crippen LogP) is -2.19. The van der Waals surface area contributed by atoms with Crippen LogP contribution in [-0.4, -0.2) is 72.1 Å². The van der Waals surface area contributed by atoms with Crippen molar-refractivity contribution in [2.45, 2.75) is 31.1 Å². The van der Waals surface area contributed by atoms with Crippen LogP contribution in [0.5, 0.6) is 0 Å². The molecule has 152 valence electrons. The molecule has 0 bridgehead atoms. The zero-order chi connectivity index (χ0) is 20.4. The fraction of sp³-hybridized carbons (Fsp3) is 0.583. The molecule has 2 heterocycles. The second-order valence-electron chi connectivity index (χ2n) is 5.65. The maximum atomic E-state index is 11.9. The average molecular weight is 427 g/mol. The van der Waals surface area contributed by atoms with Gasteiger partial charge in [-0.05, 0) is 12.2 Å². The van der Waals surface area contributed by atoms with E-state index in [-0.39, 0.29) is 16.9 Å². The first-order valence-corrected chi connectivity index (χ1v) is 9.42. The summed E-state index contributed by atoms with van der Waals surface area (Å²) in [5.41, 5.74) is -0.492. The number of aliphatic hydroxyl groups excluding tert-OH is 2. The molecule has 27 heavy (non-hydrogen) atoms. The van der Waals surface area contributed by atoms with Crippen LogP contribution in [0, 0.1) is 4.77 Å². The van der Waals surface area contributed by atoms with Gasteiger partial charge in [-0.3, -0.25) is 23.7 Å². The van der Waals surface area contributed by atoms with Gasteiger partial charge in [0.1, 0.15) is 18.3 Å². The summed E-state index contributed by atoms with van der Waals surface area (Å²) in [6, 6.07) is 0. The molecule has 0 radical (unpaired) electrons. The van der Waals surface area contributed by atoms with Crippen molar-refractivity contribution in [3.8, 4) is 0 Å². The van der Waals surface area contributed by atoms with E-state index in [1.165, 1.54) is 6.20 Å². The number of carbonyl (C=O) groups is 1. The first-order chi connectivity index (χ1) is 12.5. The van der Waals surface area contributed by atoms with E-state index in [1.54, 1.807) is 0 Å². The molecule has 1 fully saturated rings. The fourth-order valence-corrected chi connectivity index (χ4v) is 3.00. The summed E-state index contributed by atoms with van der Waals surface area (Å²) in [5, 5.41) is 31.3. The third-order valence-corrected chi connectivity index (χ3v) is 4.45. The van der Waals surface area contributed by atoms with Gasteiger partial charge in [-0.2, -0.15) is 0 Å². The van der Waals surface area contributed by atoms with Gasteiger partial charge < -0.3 is 35.2 Å². The van der Waals surface area contributed by atoms with E-state index in [0.717, 1.165) is 4.57 Å². The second-order valence-corrected chi connectivity index (χ2v) is 7.28. The zero-order valence-corrected chi connectivity index (χ0v) is 15.3. The number of ether oxygens (including phenoxy) is 1. The van der Waals surface area contributed by atoms with Crippen LogP contribution in [0.1, 0.15) is 11.8 Å². The van der Waals surface area contributed by atoms with Crippen molar-refractivity contribution in [3.05, 3.63) is 26.9 Å². The summed E-state index contributed by atoms with van der Waals surface area (Å²) in [6.45, 7) is -1.20. The van der Waals surface area contributed by atoms with Gasteiger partial charge in [0.05, 0.1) is 13.2 Å². The van der Waals surface area contributed by atoms with Crippen molar-refractivity contribution in [1.82, 2.24) is 14.9 Å². The largest absolute Gasteiger partial charge is 0.480 e. The van der Waals surface area contributed by atoms with Crippen LogP contribution in [0.25, 0.3) is 0 Å². The molecule has 0 spiro atoms. The summed E-state index contributed by atoms with van der Waals surface area (Å²) in [6.07, 6.45) is -4.38. The highest BCUT2D eigenvalue weighted by atomic mass is 32.1. The van der Waals surface area contributed by atoms with E-state index in [4.69, 9.17) is 31.8 Å². The molecule has 0 aromatic carbocycles. The Labute approximate surface area is 156 Å². The van der Waals surface area contributed by atoms with E-state index in [9.17, 15) is 24.4 Å².